The van der Waals surface area contributed by atoms with Crippen LogP contribution in [-0.2, 0) is 11.2 Å². The zero-order valence-electron chi connectivity index (χ0n) is 9.40. The molecule has 86 valence electrons. The number of rotatable bonds is 5. The van der Waals surface area contributed by atoms with E-state index in [-0.39, 0.29) is 0 Å². The number of methoxy groups -OCH3 is 1. The second kappa shape index (κ2) is 4.16. The lowest BCUT2D eigenvalue weighted by atomic mass is 9.97. The fourth-order valence-electron chi connectivity index (χ4n) is 1.93. The van der Waals surface area contributed by atoms with E-state index in [4.69, 9.17) is 9.84 Å². The van der Waals surface area contributed by atoms with Crippen LogP contribution < -0.4 is 4.74 Å². The highest BCUT2D eigenvalue weighted by Crippen LogP contribution is 2.49. The summed E-state index contributed by atoms with van der Waals surface area (Å²) < 4.78 is 5.13. The Hall–Kier alpha value is -1.51. The number of carbonyl (C=O) groups is 1. The fraction of sp³-hybridized carbons (Fsp3) is 0.462. The van der Waals surface area contributed by atoms with Crippen LogP contribution in [0, 0.1) is 5.41 Å². The molecule has 1 fully saturated rings. The minimum atomic E-state index is -0.643. The van der Waals surface area contributed by atoms with Gasteiger partial charge in [0.15, 0.2) is 0 Å². The van der Waals surface area contributed by atoms with E-state index < -0.39 is 11.4 Å². The first-order valence-corrected chi connectivity index (χ1v) is 5.53. The largest absolute Gasteiger partial charge is 0.497 e. The molecule has 16 heavy (non-hydrogen) atoms. The van der Waals surface area contributed by atoms with E-state index in [2.05, 4.69) is 0 Å². The predicted octanol–water partition coefficient (Wildman–Crippen LogP) is 2.49. The molecular formula is C13H16O3. The van der Waals surface area contributed by atoms with Crippen LogP contribution in [0.1, 0.15) is 24.8 Å². The molecule has 0 amide bonds. The molecule has 0 radical (unpaired) electrons. The number of ether oxygens (including phenoxy) is 1. The molecule has 1 aliphatic rings. The number of aryl methyl sites for hydroxylation is 1. The highest BCUT2D eigenvalue weighted by molar-refractivity contribution is 5.77. The van der Waals surface area contributed by atoms with Crippen molar-refractivity contribution >= 4 is 5.97 Å². The van der Waals surface area contributed by atoms with Crippen LogP contribution >= 0.6 is 0 Å². The number of hydrogen-bond donors (Lipinski definition) is 1. The van der Waals surface area contributed by atoms with Crippen molar-refractivity contribution in [2.75, 3.05) is 7.11 Å². The molecule has 3 heteroatoms. The van der Waals surface area contributed by atoms with Crippen molar-refractivity contribution in [3.63, 3.8) is 0 Å². The molecule has 0 heterocycles. The monoisotopic (exact) mass is 220 g/mol. The van der Waals surface area contributed by atoms with Crippen molar-refractivity contribution in [3.05, 3.63) is 29.8 Å². The third-order valence-electron chi connectivity index (χ3n) is 3.33. The van der Waals surface area contributed by atoms with Crippen molar-refractivity contribution in [2.24, 2.45) is 5.41 Å². The number of aliphatic carboxylic acids is 1. The van der Waals surface area contributed by atoms with E-state index in [9.17, 15) is 4.79 Å². The molecule has 3 nitrogen and oxygen atoms in total. The molecule has 0 atom stereocenters. The van der Waals surface area contributed by atoms with Crippen molar-refractivity contribution < 1.29 is 14.6 Å². The van der Waals surface area contributed by atoms with Crippen molar-refractivity contribution in [1.29, 1.82) is 0 Å². The Morgan fingerprint density at radius 2 is 2.25 bits per heavy atom. The van der Waals surface area contributed by atoms with Crippen molar-refractivity contribution in [1.82, 2.24) is 0 Å². The van der Waals surface area contributed by atoms with E-state index in [0.717, 1.165) is 37.0 Å². The van der Waals surface area contributed by atoms with E-state index in [1.807, 2.05) is 24.3 Å². The van der Waals surface area contributed by atoms with Gasteiger partial charge in [-0.1, -0.05) is 12.1 Å². The summed E-state index contributed by atoms with van der Waals surface area (Å²) in [6.45, 7) is 0. The molecule has 1 N–H and O–H groups in total. The first kappa shape index (κ1) is 11.0. The minimum absolute atomic E-state index is 0.428. The van der Waals surface area contributed by atoms with Crippen molar-refractivity contribution in [2.45, 2.75) is 25.7 Å². The summed E-state index contributed by atoms with van der Waals surface area (Å²) in [6.07, 6.45) is 3.19. The predicted molar refractivity (Wildman–Crippen MR) is 60.6 cm³/mol. The zero-order valence-corrected chi connectivity index (χ0v) is 9.40. The average molecular weight is 220 g/mol. The Morgan fingerprint density at radius 1 is 1.50 bits per heavy atom. The maximum atomic E-state index is 11.0. The lowest BCUT2D eigenvalue weighted by Gasteiger charge is -2.09. The third kappa shape index (κ3) is 2.18. The van der Waals surface area contributed by atoms with Gasteiger partial charge in [-0.3, -0.25) is 4.79 Å². The quantitative estimate of drug-likeness (QED) is 0.829. The molecule has 0 aromatic heterocycles. The smallest absolute Gasteiger partial charge is 0.309 e. The summed E-state index contributed by atoms with van der Waals surface area (Å²) in [7, 11) is 1.64. The van der Waals surface area contributed by atoms with Gasteiger partial charge in [-0.2, -0.15) is 0 Å². The lowest BCUT2D eigenvalue weighted by molar-refractivity contribution is -0.143. The SMILES string of the molecule is COc1cccc(CCC2(C(=O)O)CC2)c1. The Kier molecular flexibility index (Phi) is 2.86. The van der Waals surface area contributed by atoms with E-state index >= 15 is 0 Å². The van der Waals surface area contributed by atoms with E-state index in [1.54, 1.807) is 7.11 Å². The van der Waals surface area contributed by atoms with Gasteiger partial charge in [0, 0.05) is 0 Å². The molecule has 0 unspecified atom stereocenters. The Labute approximate surface area is 95.0 Å². The molecule has 0 saturated heterocycles. The van der Waals surface area contributed by atoms with Gasteiger partial charge in [0.1, 0.15) is 5.75 Å². The highest BCUT2D eigenvalue weighted by Gasteiger charge is 2.49. The number of carboxylic acids is 1. The van der Waals surface area contributed by atoms with E-state index in [0.29, 0.717) is 0 Å². The molecule has 0 bridgehead atoms. The summed E-state index contributed by atoms with van der Waals surface area (Å²) in [6, 6.07) is 7.82. The molecular weight excluding hydrogens is 204 g/mol. The molecule has 1 aromatic rings. The van der Waals surface area contributed by atoms with Gasteiger partial charge in [-0.15, -0.1) is 0 Å². The van der Waals surface area contributed by atoms with Gasteiger partial charge in [0.05, 0.1) is 12.5 Å². The van der Waals surface area contributed by atoms with Crippen LogP contribution in [0.5, 0.6) is 5.75 Å². The number of hydrogen-bond acceptors (Lipinski definition) is 2. The van der Waals surface area contributed by atoms with Crippen LogP contribution in [0.2, 0.25) is 0 Å². The maximum Gasteiger partial charge on any atom is 0.309 e. The number of carboxylic acid groups (broad SMARTS) is 1. The molecule has 1 saturated carbocycles. The zero-order chi connectivity index (χ0) is 11.6. The summed E-state index contributed by atoms with van der Waals surface area (Å²) in [5.41, 5.74) is 0.718. The average Bonchev–Trinajstić information content (AvgIpc) is 3.08. The summed E-state index contributed by atoms with van der Waals surface area (Å²) in [4.78, 5) is 11.0. The Bertz CT molecular complexity index is 394. The topological polar surface area (TPSA) is 46.5 Å². The fourth-order valence-corrected chi connectivity index (χ4v) is 1.93. The first-order chi connectivity index (χ1) is 7.66. The van der Waals surface area contributed by atoms with Gasteiger partial charge in [0.2, 0.25) is 0 Å². The minimum Gasteiger partial charge on any atom is -0.497 e. The normalized spacial score (nSPS) is 16.8. The molecule has 1 aromatic carbocycles. The second-order valence-electron chi connectivity index (χ2n) is 4.44. The van der Waals surface area contributed by atoms with Crippen LogP contribution in [0.4, 0.5) is 0 Å². The lowest BCUT2D eigenvalue weighted by Crippen LogP contribution is -2.15. The molecule has 0 aliphatic heterocycles. The van der Waals surface area contributed by atoms with Gasteiger partial charge < -0.3 is 9.84 Å². The Balaban J connectivity index is 1.97. The van der Waals surface area contributed by atoms with Gasteiger partial charge in [-0.05, 0) is 43.4 Å². The maximum absolute atomic E-state index is 11.0. The standard InChI is InChI=1S/C13H16O3/c1-16-11-4-2-3-10(9-11)5-6-13(7-8-13)12(14)15/h2-4,9H,5-8H2,1H3,(H,14,15). The summed E-state index contributed by atoms with van der Waals surface area (Å²) in [5.74, 6) is 0.188. The van der Waals surface area contributed by atoms with Gasteiger partial charge >= 0.3 is 5.97 Å². The Morgan fingerprint density at radius 3 is 2.81 bits per heavy atom. The van der Waals surface area contributed by atoms with Gasteiger partial charge in [0.25, 0.3) is 0 Å². The summed E-state index contributed by atoms with van der Waals surface area (Å²) in [5, 5.41) is 9.06. The first-order valence-electron chi connectivity index (χ1n) is 5.53. The molecule has 1 aliphatic carbocycles. The highest BCUT2D eigenvalue weighted by atomic mass is 16.5. The van der Waals surface area contributed by atoms with Crippen LogP contribution in [0.3, 0.4) is 0 Å². The van der Waals surface area contributed by atoms with E-state index in [1.165, 1.54) is 0 Å². The summed E-state index contributed by atoms with van der Waals surface area (Å²) >= 11 is 0. The second-order valence-corrected chi connectivity index (χ2v) is 4.44. The third-order valence-corrected chi connectivity index (χ3v) is 3.33. The van der Waals surface area contributed by atoms with Crippen molar-refractivity contribution in [3.8, 4) is 5.75 Å². The van der Waals surface area contributed by atoms with Crippen LogP contribution in [0.15, 0.2) is 24.3 Å². The van der Waals surface area contributed by atoms with Crippen LogP contribution in [-0.4, -0.2) is 18.2 Å². The molecule has 2 rings (SSSR count). The van der Waals surface area contributed by atoms with Crippen LogP contribution in [0.25, 0.3) is 0 Å². The number of benzene rings is 1. The molecule has 0 spiro atoms. The van der Waals surface area contributed by atoms with Gasteiger partial charge in [-0.25, -0.2) is 0 Å².